The van der Waals surface area contributed by atoms with E-state index in [2.05, 4.69) is 32.7 Å². The number of nitrogens with zero attached hydrogens (tertiary/aromatic N) is 2. The summed E-state index contributed by atoms with van der Waals surface area (Å²) < 4.78 is 10.3. The molecule has 3 rings (SSSR count). The van der Waals surface area contributed by atoms with Gasteiger partial charge in [0, 0.05) is 19.2 Å². The molecule has 0 saturated carbocycles. The third kappa shape index (κ3) is 5.60. The Hall–Kier alpha value is -3.28. The van der Waals surface area contributed by atoms with Crippen molar-refractivity contribution >= 4 is 11.6 Å². The molecular weight excluding hydrogens is 340 g/mol. The highest BCUT2D eigenvalue weighted by atomic mass is 16.5. The second kappa shape index (κ2) is 9.43. The topological polar surface area (TPSA) is 68.3 Å². The van der Waals surface area contributed by atoms with Gasteiger partial charge in [-0.1, -0.05) is 24.3 Å². The van der Waals surface area contributed by atoms with E-state index in [1.165, 1.54) is 5.56 Å². The molecule has 27 heavy (non-hydrogen) atoms. The highest BCUT2D eigenvalue weighted by Gasteiger charge is 2.01. The molecule has 0 aliphatic heterocycles. The fourth-order valence-corrected chi connectivity index (χ4v) is 2.61. The molecule has 0 aliphatic rings. The van der Waals surface area contributed by atoms with Crippen molar-refractivity contribution < 1.29 is 9.47 Å². The van der Waals surface area contributed by atoms with Gasteiger partial charge < -0.3 is 20.1 Å². The van der Waals surface area contributed by atoms with Crippen molar-refractivity contribution in [2.24, 2.45) is 0 Å². The minimum atomic E-state index is 0.687. The lowest BCUT2D eigenvalue weighted by molar-refractivity contribution is 0.414. The Balaban J connectivity index is 1.48. The smallest absolute Gasteiger partial charge is 0.131 e. The average Bonchev–Trinajstić information content (AvgIpc) is 2.73. The monoisotopic (exact) mass is 364 g/mol. The molecule has 3 aromatic rings. The van der Waals surface area contributed by atoms with Crippen molar-refractivity contribution in [2.75, 3.05) is 31.4 Å². The fourth-order valence-electron chi connectivity index (χ4n) is 2.61. The Labute approximate surface area is 159 Å². The molecule has 0 spiro atoms. The Bertz CT molecular complexity index is 836. The number of methoxy groups -OCH3 is 2. The van der Waals surface area contributed by atoms with E-state index in [0.29, 0.717) is 6.54 Å². The van der Waals surface area contributed by atoms with E-state index in [1.807, 2.05) is 42.5 Å². The molecule has 0 atom stereocenters. The molecule has 0 saturated heterocycles. The second-order valence-electron chi connectivity index (χ2n) is 6.01. The predicted molar refractivity (Wildman–Crippen MR) is 108 cm³/mol. The standard InChI is InChI=1S/C21H24N4O2/c1-26-18-7-3-16(4-8-18)11-12-22-20-13-21(25-15-24-20)23-14-17-5-9-19(27-2)10-6-17/h3-10,13,15H,11-12,14H2,1-2H3,(H2,22,23,24,25). The van der Waals surface area contributed by atoms with E-state index >= 15 is 0 Å². The maximum absolute atomic E-state index is 5.18. The van der Waals surface area contributed by atoms with Gasteiger partial charge in [-0.05, 0) is 41.8 Å². The molecule has 0 amide bonds. The summed E-state index contributed by atoms with van der Waals surface area (Å²) in [6.45, 7) is 1.48. The van der Waals surface area contributed by atoms with Crippen LogP contribution in [0.4, 0.5) is 11.6 Å². The number of benzene rings is 2. The summed E-state index contributed by atoms with van der Waals surface area (Å²) >= 11 is 0. The minimum absolute atomic E-state index is 0.687. The van der Waals surface area contributed by atoms with Gasteiger partial charge in [-0.15, -0.1) is 0 Å². The molecule has 6 heteroatoms. The van der Waals surface area contributed by atoms with Crippen molar-refractivity contribution in [3.05, 3.63) is 72.1 Å². The molecule has 1 aromatic heterocycles. The number of rotatable bonds is 9. The number of anilines is 2. The fraction of sp³-hybridized carbons (Fsp3) is 0.238. The number of nitrogens with one attached hydrogen (secondary N) is 2. The summed E-state index contributed by atoms with van der Waals surface area (Å²) in [5.41, 5.74) is 2.40. The van der Waals surface area contributed by atoms with Crippen LogP contribution in [0.3, 0.4) is 0 Å². The van der Waals surface area contributed by atoms with Gasteiger partial charge in [-0.2, -0.15) is 0 Å². The summed E-state index contributed by atoms with van der Waals surface area (Å²) in [5.74, 6) is 3.31. The number of hydrogen-bond acceptors (Lipinski definition) is 6. The minimum Gasteiger partial charge on any atom is -0.497 e. The molecule has 0 radical (unpaired) electrons. The molecular formula is C21H24N4O2. The lowest BCUT2D eigenvalue weighted by Crippen LogP contribution is -2.08. The Morgan fingerprint density at radius 1 is 0.741 bits per heavy atom. The zero-order valence-electron chi connectivity index (χ0n) is 15.6. The molecule has 0 fully saturated rings. The third-order valence-electron chi connectivity index (χ3n) is 4.18. The van der Waals surface area contributed by atoms with E-state index in [-0.39, 0.29) is 0 Å². The Morgan fingerprint density at radius 3 is 1.89 bits per heavy atom. The number of hydrogen-bond donors (Lipinski definition) is 2. The zero-order valence-corrected chi connectivity index (χ0v) is 15.6. The summed E-state index contributed by atoms with van der Waals surface area (Å²) in [4.78, 5) is 8.55. The first-order chi connectivity index (χ1) is 13.3. The Kier molecular flexibility index (Phi) is 6.46. The van der Waals surface area contributed by atoms with Crippen molar-refractivity contribution in [3.63, 3.8) is 0 Å². The summed E-state index contributed by atoms with van der Waals surface area (Å²) in [5, 5.41) is 6.65. The molecule has 0 unspecified atom stereocenters. The molecule has 140 valence electrons. The predicted octanol–water partition coefficient (Wildman–Crippen LogP) is 3.76. The largest absolute Gasteiger partial charge is 0.497 e. The third-order valence-corrected chi connectivity index (χ3v) is 4.18. The van der Waals surface area contributed by atoms with Gasteiger partial charge in [0.2, 0.25) is 0 Å². The van der Waals surface area contributed by atoms with Crippen LogP contribution >= 0.6 is 0 Å². The molecule has 6 nitrogen and oxygen atoms in total. The Morgan fingerprint density at radius 2 is 1.30 bits per heavy atom. The molecule has 0 aliphatic carbocycles. The number of ether oxygens (including phenoxy) is 2. The molecule has 1 heterocycles. The van der Waals surface area contributed by atoms with Gasteiger partial charge in [0.05, 0.1) is 14.2 Å². The van der Waals surface area contributed by atoms with Crippen LogP contribution in [0.15, 0.2) is 60.9 Å². The van der Waals surface area contributed by atoms with Gasteiger partial charge in [-0.3, -0.25) is 0 Å². The van der Waals surface area contributed by atoms with Crippen LogP contribution in [-0.4, -0.2) is 30.7 Å². The SMILES string of the molecule is COc1ccc(CCNc2cc(NCc3ccc(OC)cc3)ncn2)cc1. The van der Waals surface area contributed by atoms with Crippen LogP contribution in [0, 0.1) is 0 Å². The summed E-state index contributed by atoms with van der Waals surface area (Å²) in [6.07, 6.45) is 2.47. The van der Waals surface area contributed by atoms with Gasteiger partial charge in [0.15, 0.2) is 0 Å². The highest BCUT2D eigenvalue weighted by Crippen LogP contribution is 2.15. The van der Waals surface area contributed by atoms with E-state index in [4.69, 9.17) is 9.47 Å². The van der Waals surface area contributed by atoms with Crippen molar-refractivity contribution in [2.45, 2.75) is 13.0 Å². The van der Waals surface area contributed by atoms with Gasteiger partial charge >= 0.3 is 0 Å². The first-order valence-corrected chi connectivity index (χ1v) is 8.82. The van der Waals surface area contributed by atoms with E-state index in [9.17, 15) is 0 Å². The van der Waals surface area contributed by atoms with Crippen LogP contribution in [0.5, 0.6) is 11.5 Å². The maximum atomic E-state index is 5.18. The quantitative estimate of drug-likeness (QED) is 0.603. The van der Waals surface area contributed by atoms with Crippen molar-refractivity contribution in [1.29, 1.82) is 0 Å². The molecule has 2 N–H and O–H groups in total. The van der Waals surface area contributed by atoms with Gasteiger partial charge in [0.1, 0.15) is 29.5 Å². The normalized spacial score (nSPS) is 10.3. The van der Waals surface area contributed by atoms with Crippen LogP contribution < -0.4 is 20.1 Å². The first-order valence-electron chi connectivity index (χ1n) is 8.82. The lowest BCUT2D eigenvalue weighted by Gasteiger charge is -2.09. The van der Waals surface area contributed by atoms with Crippen LogP contribution in [0.2, 0.25) is 0 Å². The van der Waals surface area contributed by atoms with Crippen molar-refractivity contribution in [1.82, 2.24) is 9.97 Å². The lowest BCUT2D eigenvalue weighted by atomic mass is 10.1. The van der Waals surface area contributed by atoms with E-state index < -0.39 is 0 Å². The van der Waals surface area contributed by atoms with E-state index in [0.717, 1.165) is 41.7 Å². The average molecular weight is 364 g/mol. The summed E-state index contributed by atoms with van der Waals surface area (Å²) in [7, 11) is 3.34. The number of aromatic nitrogens is 2. The van der Waals surface area contributed by atoms with E-state index in [1.54, 1.807) is 20.5 Å². The zero-order chi connectivity index (χ0) is 18.9. The van der Waals surface area contributed by atoms with Crippen LogP contribution in [-0.2, 0) is 13.0 Å². The summed E-state index contributed by atoms with van der Waals surface area (Å²) in [6, 6.07) is 18.0. The van der Waals surface area contributed by atoms with Crippen LogP contribution in [0.25, 0.3) is 0 Å². The van der Waals surface area contributed by atoms with Crippen LogP contribution in [0.1, 0.15) is 11.1 Å². The molecule has 0 bridgehead atoms. The highest BCUT2D eigenvalue weighted by molar-refractivity contribution is 5.47. The van der Waals surface area contributed by atoms with Gasteiger partial charge in [0.25, 0.3) is 0 Å². The van der Waals surface area contributed by atoms with Crippen molar-refractivity contribution in [3.8, 4) is 11.5 Å². The second-order valence-corrected chi connectivity index (χ2v) is 6.01. The maximum Gasteiger partial charge on any atom is 0.131 e. The molecule has 2 aromatic carbocycles. The van der Waals surface area contributed by atoms with Gasteiger partial charge in [-0.25, -0.2) is 9.97 Å². The first kappa shape index (κ1) is 18.5.